The van der Waals surface area contributed by atoms with Crippen LogP contribution in [0.5, 0.6) is 0 Å². The van der Waals surface area contributed by atoms with Gasteiger partial charge in [-0.25, -0.2) is 4.98 Å². The van der Waals surface area contributed by atoms with Gasteiger partial charge in [0.2, 0.25) is 5.91 Å². The summed E-state index contributed by atoms with van der Waals surface area (Å²) in [5.41, 5.74) is 7.19. The van der Waals surface area contributed by atoms with Gasteiger partial charge in [0.15, 0.2) is 0 Å². The summed E-state index contributed by atoms with van der Waals surface area (Å²) >= 11 is 0. The molecule has 0 bridgehead atoms. The van der Waals surface area contributed by atoms with Gasteiger partial charge in [0, 0.05) is 43.8 Å². The van der Waals surface area contributed by atoms with Crippen LogP contribution in [0.1, 0.15) is 12.8 Å². The molecule has 1 aromatic carbocycles. The average molecular weight is 258 g/mol. The zero-order valence-corrected chi connectivity index (χ0v) is 11.0. The topological polar surface area (TPSA) is 64.2 Å². The maximum absolute atomic E-state index is 12.0. The summed E-state index contributed by atoms with van der Waals surface area (Å²) in [5.74, 6) is 0.102. The minimum Gasteiger partial charge on any atom is -0.399 e. The fourth-order valence-electron chi connectivity index (χ4n) is 1.84. The van der Waals surface area contributed by atoms with Crippen molar-refractivity contribution in [2.45, 2.75) is 19.4 Å². The van der Waals surface area contributed by atoms with E-state index in [-0.39, 0.29) is 5.91 Å². The van der Waals surface area contributed by atoms with Gasteiger partial charge in [-0.15, -0.1) is 0 Å². The monoisotopic (exact) mass is 258 g/mol. The van der Waals surface area contributed by atoms with Gasteiger partial charge in [0.1, 0.15) is 0 Å². The number of hydrogen-bond donors (Lipinski definition) is 1. The van der Waals surface area contributed by atoms with Gasteiger partial charge in [-0.1, -0.05) is 0 Å². The molecule has 19 heavy (non-hydrogen) atoms. The van der Waals surface area contributed by atoms with Crippen LogP contribution in [0.2, 0.25) is 0 Å². The van der Waals surface area contributed by atoms with Crippen LogP contribution < -0.4 is 10.6 Å². The maximum Gasteiger partial charge on any atom is 0.226 e. The highest BCUT2D eigenvalue weighted by Gasteiger charge is 2.10. The minimum absolute atomic E-state index is 0.102. The highest BCUT2D eigenvalue weighted by molar-refractivity contribution is 5.92. The SMILES string of the molecule is CN(C(=O)CCCn1ccnc1)c1ccc(N)cc1. The molecule has 5 heteroatoms. The molecule has 0 aliphatic heterocycles. The van der Waals surface area contributed by atoms with Crippen LogP contribution in [-0.4, -0.2) is 22.5 Å². The second-order valence-corrected chi connectivity index (χ2v) is 4.45. The van der Waals surface area contributed by atoms with Crippen molar-refractivity contribution in [2.75, 3.05) is 17.7 Å². The Morgan fingerprint density at radius 1 is 1.37 bits per heavy atom. The molecule has 0 aliphatic rings. The molecule has 2 N–H and O–H groups in total. The van der Waals surface area contributed by atoms with E-state index in [2.05, 4.69) is 4.98 Å². The second-order valence-electron chi connectivity index (χ2n) is 4.45. The van der Waals surface area contributed by atoms with Crippen LogP contribution in [0.3, 0.4) is 0 Å². The zero-order valence-electron chi connectivity index (χ0n) is 11.0. The molecule has 1 aromatic heterocycles. The number of carbonyl (C=O) groups is 1. The second kappa shape index (κ2) is 6.04. The van der Waals surface area contributed by atoms with Crippen molar-refractivity contribution in [1.82, 2.24) is 9.55 Å². The summed E-state index contributed by atoms with van der Waals surface area (Å²) in [7, 11) is 1.78. The Labute approximate surface area is 112 Å². The minimum atomic E-state index is 0.102. The lowest BCUT2D eigenvalue weighted by Gasteiger charge is -2.17. The van der Waals surface area contributed by atoms with E-state index >= 15 is 0 Å². The van der Waals surface area contributed by atoms with Gasteiger partial charge >= 0.3 is 0 Å². The number of aryl methyl sites for hydroxylation is 1. The molecule has 0 unspecified atom stereocenters. The highest BCUT2D eigenvalue weighted by atomic mass is 16.2. The molecule has 1 heterocycles. The van der Waals surface area contributed by atoms with E-state index in [9.17, 15) is 4.79 Å². The number of nitrogens with zero attached hydrogens (tertiary/aromatic N) is 3. The van der Waals surface area contributed by atoms with Gasteiger partial charge < -0.3 is 15.2 Å². The number of imidazole rings is 1. The largest absolute Gasteiger partial charge is 0.399 e. The number of carbonyl (C=O) groups excluding carboxylic acids is 1. The van der Waals surface area contributed by atoms with E-state index in [0.717, 1.165) is 18.7 Å². The van der Waals surface area contributed by atoms with E-state index in [1.807, 2.05) is 22.9 Å². The Morgan fingerprint density at radius 3 is 2.74 bits per heavy atom. The lowest BCUT2D eigenvalue weighted by atomic mass is 10.2. The normalized spacial score (nSPS) is 10.4. The molecule has 0 saturated carbocycles. The molecule has 0 fully saturated rings. The Bertz CT molecular complexity index is 519. The Morgan fingerprint density at radius 2 is 2.11 bits per heavy atom. The summed E-state index contributed by atoms with van der Waals surface area (Å²) < 4.78 is 1.97. The number of anilines is 2. The predicted molar refractivity (Wildman–Crippen MR) is 75.7 cm³/mol. The van der Waals surface area contributed by atoms with Crippen molar-refractivity contribution >= 4 is 17.3 Å². The summed E-state index contributed by atoms with van der Waals surface area (Å²) in [6, 6.07) is 7.29. The fraction of sp³-hybridized carbons (Fsp3) is 0.286. The van der Waals surface area contributed by atoms with E-state index in [0.29, 0.717) is 12.1 Å². The van der Waals surface area contributed by atoms with E-state index in [1.165, 1.54) is 0 Å². The van der Waals surface area contributed by atoms with Gasteiger partial charge in [-0.05, 0) is 30.7 Å². The third-order valence-corrected chi connectivity index (χ3v) is 3.02. The molecule has 100 valence electrons. The number of nitrogens with two attached hydrogens (primary N) is 1. The van der Waals surface area contributed by atoms with Crippen LogP contribution in [0.15, 0.2) is 43.0 Å². The molecule has 0 saturated heterocycles. The summed E-state index contributed by atoms with van der Waals surface area (Å²) in [6.07, 6.45) is 6.71. The Balaban J connectivity index is 1.83. The lowest BCUT2D eigenvalue weighted by Crippen LogP contribution is -2.26. The molecule has 0 spiro atoms. The van der Waals surface area contributed by atoms with Gasteiger partial charge in [-0.2, -0.15) is 0 Å². The first-order valence-corrected chi connectivity index (χ1v) is 6.24. The van der Waals surface area contributed by atoms with Crippen molar-refractivity contribution in [2.24, 2.45) is 0 Å². The number of benzene rings is 1. The predicted octanol–water partition coefficient (Wildman–Crippen LogP) is 1.91. The lowest BCUT2D eigenvalue weighted by molar-refractivity contribution is -0.118. The number of rotatable bonds is 5. The first-order chi connectivity index (χ1) is 9.16. The van der Waals surface area contributed by atoms with E-state index < -0.39 is 0 Å². The highest BCUT2D eigenvalue weighted by Crippen LogP contribution is 2.16. The smallest absolute Gasteiger partial charge is 0.226 e. The summed E-state index contributed by atoms with van der Waals surface area (Å²) in [5, 5.41) is 0. The van der Waals surface area contributed by atoms with Gasteiger partial charge in [0.25, 0.3) is 0 Å². The standard InChI is InChI=1S/C14H18N4O/c1-17(13-6-4-12(15)5-7-13)14(19)3-2-9-18-10-8-16-11-18/h4-8,10-11H,2-3,9,15H2,1H3. The molecule has 2 rings (SSSR count). The van der Waals surface area contributed by atoms with Gasteiger partial charge in [0.05, 0.1) is 6.33 Å². The molecular formula is C14H18N4O. The van der Waals surface area contributed by atoms with Crippen LogP contribution in [0.4, 0.5) is 11.4 Å². The average Bonchev–Trinajstić information content (AvgIpc) is 2.92. The first-order valence-electron chi connectivity index (χ1n) is 6.24. The molecule has 0 radical (unpaired) electrons. The Kier molecular flexibility index (Phi) is 4.18. The molecule has 1 amide bonds. The number of nitrogen functional groups attached to an aromatic ring is 1. The quantitative estimate of drug-likeness (QED) is 0.833. The summed E-state index contributed by atoms with van der Waals surface area (Å²) in [4.78, 5) is 17.7. The third-order valence-electron chi connectivity index (χ3n) is 3.02. The van der Waals surface area contributed by atoms with Crippen LogP contribution in [0.25, 0.3) is 0 Å². The number of aromatic nitrogens is 2. The van der Waals surface area contributed by atoms with Gasteiger partial charge in [-0.3, -0.25) is 4.79 Å². The van der Waals surface area contributed by atoms with Crippen molar-refractivity contribution < 1.29 is 4.79 Å². The third kappa shape index (κ3) is 3.58. The maximum atomic E-state index is 12.0. The number of amides is 1. The molecule has 5 nitrogen and oxygen atoms in total. The van der Waals surface area contributed by atoms with Crippen molar-refractivity contribution in [3.63, 3.8) is 0 Å². The van der Waals surface area contributed by atoms with Crippen molar-refractivity contribution in [1.29, 1.82) is 0 Å². The fourth-order valence-corrected chi connectivity index (χ4v) is 1.84. The summed E-state index contributed by atoms with van der Waals surface area (Å²) in [6.45, 7) is 0.807. The van der Waals surface area contributed by atoms with E-state index in [1.54, 1.807) is 36.6 Å². The van der Waals surface area contributed by atoms with Crippen LogP contribution >= 0.6 is 0 Å². The molecule has 2 aromatic rings. The van der Waals surface area contributed by atoms with Crippen LogP contribution in [-0.2, 0) is 11.3 Å². The molecular weight excluding hydrogens is 240 g/mol. The Hall–Kier alpha value is -2.30. The van der Waals surface area contributed by atoms with E-state index in [4.69, 9.17) is 5.73 Å². The van der Waals surface area contributed by atoms with Crippen LogP contribution in [0, 0.1) is 0 Å². The number of hydrogen-bond acceptors (Lipinski definition) is 3. The molecule has 0 aliphatic carbocycles. The van der Waals surface area contributed by atoms with Crippen molar-refractivity contribution in [3.05, 3.63) is 43.0 Å². The first kappa shape index (κ1) is 13.1. The molecule has 0 atom stereocenters. The van der Waals surface area contributed by atoms with Crippen molar-refractivity contribution in [3.8, 4) is 0 Å². The zero-order chi connectivity index (χ0) is 13.7.